The fourth-order valence-electron chi connectivity index (χ4n) is 4.91. The van der Waals surface area contributed by atoms with Gasteiger partial charge in [-0.3, -0.25) is 0 Å². The van der Waals surface area contributed by atoms with Gasteiger partial charge in [0.05, 0.1) is 18.7 Å². The maximum atomic E-state index is 14.0. The number of ether oxygens (including phenoxy) is 1. The lowest BCUT2D eigenvalue weighted by atomic mass is 9.80. The molecule has 4 rings (SSSR count). The molecule has 0 spiro atoms. The molecule has 1 aliphatic rings. The van der Waals surface area contributed by atoms with E-state index < -0.39 is 0 Å². The molecule has 0 aromatic heterocycles. The molecule has 32 heavy (non-hydrogen) atoms. The van der Waals surface area contributed by atoms with Gasteiger partial charge in [0.25, 0.3) is 0 Å². The monoisotopic (exact) mass is 430 g/mol. The van der Waals surface area contributed by atoms with Crippen molar-refractivity contribution in [3.8, 4) is 16.9 Å². The number of allylic oxidation sites excluding steroid dienone is 1. The van der Waals surface area contributed by atoms with E-state index in [0.717, 1.165) is 39.9 Å². The topological polar surface area (TPSA) is 47.3 Å². The van der Waals surface area contributed by atoms with Gasteiger partial charge in [-0.05, 0) is 73.2 Å². The Bertz CT molecular complexity index is 1200. The van der Waals surface area contributed by atoms with Crippen LogP contribution in [0, 0.1) is 5.82 Å². The van der Waals surface area contributed by atoms with Gasteiger partial charge in [-0.1, -0.05) is 43.3 Å². The predicted molar refractivity (Wildman–Crippen MR) is 132 cm³/mol. The average molecular weight is 431 g/mol. The molecule has 0 radical (unpaired) electrons. The minimum Gasteiger partial charge on any atom is -0.496 e. The van der Waals surface area contributed by atoms with Crippen molar-refractivity contribution in [1.29, 1.82) is 0 Å². The van der Waals surface area contributed by atoms with Crippen LogP contribution in [-0.2, 0) is 6.42 Å². The summed E-state index contributed by atoms with van der Waals surface area (Å²) in [4.78, 5) is 0. The Labute approximate surface area is 190 Å². The Morgan fingerprint density at radius 1 is 1.06 bits per heavy atom. The van der Waals surface area contributed by atoms with Gasteiger partial charge in [0.15, 0.2) is 0 Å². The molecular weight excluding hydrogens is 399 g/mol. The molecule has 4 heteroatoms. The minimum atomic E-state index is -0.350. The lowest BCUT2D eigenvalue weighted by molar-refractivity contribution is 0.413. The Kier molecular flexibility index (Phi) is 5.83. The van der Waals surface area contributed by atoms with E-state index in [2.05, 4.69) is 69.4 Å². The zero-order chi connectivity index (χ0) is 23.0. The smallest absolute Gasteiger partial charge is 0.129 e. The third-order valence-corrected chi connectivity index (χ3v) is 6.21. The number of fused-ring (bicyclic) bond motifs is 1. The summed E-state index contributed by atoms with van der Waals surface area (Å²) in [6.45, 7) is 8.59. The third kappa shape index (κ3) is 3.91. The number of aryl methyl sites for hydroxylation is 1. The van der Waals surface area contributed by atoms with Gasteiger partial charge in [-0.25, -0.2) is 4.39 Å². The number of anilines is 1. The van der Waals surface area contributed by atoms with Crippen LogP contribution in [0.15, 0.2) is 60.7 Å². The van der Waals surface area contributed by atoms with Gasteiger partial charge in [0.1, 0.15) is 11.6 Å². The molecule has 0 amide bonds. The Morgan fingerprint density at radius 3 is 2.50 bits per heavy atom. The van der Waals surface area contributed by atoms with Crippen molar-refractivity contribution in [1.82, 2.24) is 0 Å². The molecule has 3 aromatic rings. The van der Waals surface area contributed by atoms with Crippen molar-refractivity contribution < 1.29 is 9.13 Å². The van der Waals surface area contributed by atoms with Crippen LogP contribution in [-0.4, -0.2) is 12.6 Å². The van der Waals surface area contributed by atoms with Gasteiger partial charge in [0, 0.05) is 22.9 Å². The highest BCUT2D eigenvalue weighted by Gasteiger charge is 2.29. The lowest BCUT2D eigenvalue weighted by Gasteiger charge is -2.35. The number of rotatable bonds is 5. The predicted octanol–water partition coefficient (Wildman–Crippen LogP) is 6.72. The lowest BCUT2D eigenvalue weighted by Crippen LogP contribution is -2.32. The largest absolute Gasteiger partial charge is 0.496 e. The van der Waals surface area contributed by atoms with Crippen LogP contribution in [0.3, 0.4) is 0 Å². The highest BCUT2D eigenvalue weighted by atomic mass is 19.1. The SMILES string of the molecule is CCc1ccccc1C(N)c1c(-c2ccc(F)cc2OC)ccc2c1C(C)=CC(C)(C)N2. The first kappa shape index (κ1) is 22.1. The van der Waals surface area contributed by atoms with Crippen molar-refractivity contribution in [3.05, 3.63) is 88.7 Å². The van der Waals surface area contributed by atoms with Crippen LogP contribution in [0.25, 0.3) is 16.7 Å². The van der Waals surface area contributed by atoms with E-state index in [0.29, 0.717) is 5.75 Å². The van der Waals surface area contributed by atoms with Crippen molar-refractivity contribution in [3.63, 3.8) is 0 Å². The Hall–Kier alpha value is -3.11. The fraction of sp³-hybridized carbons (Fsp3) is 0.286. The molecule has 3 nitrogen and oxygen atoms in total. The van der Waals surface area contributed by atoms with Crippen LogP contribution in [0.2, 0.25) is 0 Å². The van der Waals surface area contributed by atoms with E-state index in [1.165, 1.54) is 23.3 Å². The molecule has 1 unspecified atom stereocenters. The van der Waals surface area contributed by atoms with E-state index >= 15 is 0 Å². The number of hydrogen-bond donors (Lipinski definition) is 2. The third-order valence-electron chi connectivity index (χ3n) is 6.21. The van der Waals surface area contributed by atoms with Crippen LogP contribution in [0.4, 0.5) is 10.1 Å². The van der Waals surface area contributed by atoms with Crippen LogP contribution in [0.1, 0.15) is 56.0 Å². The van der Waals surface area contributed by atoms with Crippen molar-refractivity contribution in [2.75, 3.05) is 12.4 Å². The summed E-state index contributed by atoms with van der Waals surface area (Å²) >= 11 is 0. The second-order valence-corrected chi connectivity index (χ2v) is 9.00. The highest BCUT2D eigenvalue weighted by Crippen LogP contribution is 2.45. The summed E-state index contributed by atoms with van der Waals surface area (Å²) in [6, 6.07) is 16.8. The molecule has 166 valence electrons. The highest BCUT2D eigenvalue weighted by molar-refractivity contribution is 5.89. The van der Waals surface area contributed by atoms with E-state index in [1.54, 1.807) is 13.2 Å². The standard InChI is InChI=1S/C28H31FN2O/c1-6-18-9-7-8-10-20(18)27(30)26-22(21-12-11-19(29)15-24(21)32-5)13-14-23-25(26)17(2)16-28(3,4)31-23/h7-16,27,31H,6,30H2,1-5H3. The summed E-state index contributed by atoms with van der Waals surface area (Å²) in [5, 5.41) is 3.64. The zero-order valence-electron chi connectivity index (χ0n) is 19.4. The Morgan fingerprint density at radius 2 is 1.78 bits per heavy atom. The summed E-state index contributed by atoms with van der Waals surface area (Å²) in [5.74, 6) is 0.165. The molecule has 0 bridgehead atoms. The number of halogens is 1. The first-order valence-electron chi connectivity index (χ1n) is 11.1. The van der Waals surface area contributed by atoms with Gasteiger partial charge < -0.3 is 15.8 Å². The second kappa shape index (κ2) is 8.44. The molecule has 0 aliphatic carbocycles. The van der Waals surface area contributed by atoms with Gasteiger partial charge >= 0.3 is 0 Å². The molecule has 1 aliphatic heterocycles. The maximum Gasteiger partial charge on any atom is 0.129 e. The zero-order valence-corrected chi connectivity index (χ0v) is 19.4. The minimum absolute atomic E-state index is 0.158. The molecule has 3 aromatic carbocycles. The van der Waals surface area contributed by atoms with Crippen molar-refractivity contribution in [2.24, 2.45) is 5.73 Å². The number of methoxy groups -OCH3 is 1. The molecule has 0 saturated heterocycles. The van der Waals surface area contributed by atoms with Crippen LogP contribution in [0.5, 0.6) is 5.75 Å². The van der Waals surface area contributed by atoms with E-state index in [1.807, 2.05) is 6.07 Å². The second-order valence-electron chi connectivity index (χ2n) is 9.00. The summed E-state index contributed by atoms with van der Waals surface area (Å²) in [6.07, 6.45) is 3.14. The summed E-state index contributed by atoms with van der Waals surface area (Å²) < 4.78 is 19.5. The maximum absolute atomic E-state index is 14.0. The molecule has 0 saturated carbocycles. The molecular formula is C28H31FN2O. The molecule has 0 fully saturated rings. The van der Waals surface area contributed by atoms with Gasteiger partial charge in [-0.2, -0.15) is 0 Å². The Balaban J connectivity index is 2.04. The average Bonchev–Trinajstić information content (AvgIpc) is 2.77. The number of hydrogen-bond acceptors (Lipinski definition) is 3. The molecule has 1 atom stereocenters. The molecule has 1 heterocycles. The molecule has 3 N–H and O–H groups in total. The van der Waals surface area contributed by atoms with E-state index in [9.17, 15) is 4.39 Å². The number of nitrogens with one attached hydrogen (secondary N) is 1. The quantitative estimate of drug-likeness (QED) is 0.472. The first-order chi connectivity index (χ1) is 15.3. The summed E-state index contributed by atoms with van der Waals surface area (Å²) in [5.41, 5.74) is 15.3. The number of nitrogens with two attached hydrogens (primary N) is 1. The summed E-state index contributed by atoms with van der Waals surface area (Å²) in [7, 11) is 1.57. The normalized spacial score (nSPS) is 15.4. The van der Waals surface area contributed by atoms with Crippen LogP contribution >= 0.6 is 0 Å². The van der Waals surface area contributed by atoms with Gasteiger partial charge in [-0.15, -0.1) is 0 Å². The fourth-order valence-corrected chi connectivity index (χ4v) is 4.91. The number of benzene rings is 3. The van der Waals surface area contributed by atoms with Crippen LogP contribution < -0.4 is 15.8 Å². The van der Waals surface area contributed by atoms with Crippen molar-refractivity contribution in [2.45, 2.75) is 45.7 Å². The van der Waals surface area contributed by atoms with E-state index in [-0.39, 0.29) is 17.4 Å². The van der Waals surface area contributed by atoms with Crippen molar-refractivity contribution >= 4 is 11.3 Å². The van der Waals surface area contributed by atoms with E-state index in [4.69, 9.17) is 10.5 Å². The van der Waals surface area contributed by atoms with Gasteiger partial charge in [0.2, 0.25) is 0 Å². The first-order valence-corrected chi connectivity index (χ1v) is 11.1.